The summed E-state index contributed by atoms with van der Waals surface area (Å²) < 4.78 is 2.00. The Morgan fingerprint density at radius 1 is 1.19 bits per heavy atom. The smallest absolute Gasteiger partial charge is 0.289 e. The van der Waals surface area contributed by atoms with Crippen molar-refractivity contribution in [3.63, 3.8) is 0 Å². The lowest BCUT2D eigenvalue weighted by Gasteiger charge is -2.29. The zero-order chi connectivity index (χ0) is 18.8. The molecule has 138 valence electrons. The molecule has 1 aliphatic rings. The van der Waals surface area contributed by atoms with Crippen molar-refractivity contribution in [3.05, 3.63) is 64.9 Å². The van der Waals surface area contributed by atoms with Gasteiger partial charge in [-0.2, -0.15) is 0 Å². The van der Waals surface area contributed by atoms with Crippen LogP contribution in [-0.2, 0) is 11.3 Å². The van der Waals surface area contributed by atoms with E-state index in [2.05, 4.69) is 37.0 Å². The van der Waals surface area contributed by atoms with Crippen LogP contribution < -0.4 is 0 Å². The second kappa shape index (κ2) is 7.36. The van der Waals surface area contributed by atoms with Gasteiger partial charge in [-0.1, -0.05) is 32.0 Å². The molecule has 1 aromatic heterocycles. The summed E-state index contributed by atoms with van der Waals surface area (Å²) in [6, 6.07) is 6.11. The number of carbonyl (C=O) groups is 1. The average molecular weight is 353 g/mol. The Labute approximate surface area is 155 Å². The van der Waals surface area contributed by atoms with Gasteiger partial charge < -0.3 is 14.6 Å². The van der Waals surface area contributed by atoms with E-state index in [1.54, 1.807) is 12.5 Å². The lowest BCUT2D eigenvalue weighted by molar-refractivity contribution is -0.129. The molecular formula is C21H27N3O2. The standard InChI is InChI=1S/C21H27N3O2/c1-14(2)18-19(17-7-6-15(3)16(4)12-17)24(21(26)20(18)25)10-5-9-23-11-8-22-13-23/h6-8,11-14,19,25H,5,9-10H2,1-4H3. The van der Waals surface area contributed by atoms with Crippen LogP contribution in [0.5, 0.6) is 0 Å². The molecule has 0 aliphatic carbocycles. The summed E-state index contributed by atoms with van der Waals surface area (Å²) in [4.78, 5) is 18.6. The van der Waals surface area contributed by atoms with Crippen molar-refractivity contribution in [3.8, 4) is 0 Å². The van der Waals surface area contributed by atoms with Crippen molar-refractivity contribution in [1.29, 1.82) is 0 Å². The first-order valence-corrected chi connectivity index (χ1v) is 9.17. The maximum Gasteiger partial charge on any atom is 0.289 e. The number of rotatable bonds is 6. The number of hydrogen-bond acceptors (Lipinski definition) is 3. The summed E-state index contributed by atoms with van der Waals surface area (Å²) in [5, 5.41) is 10.5. The van der Waals surface area contributed by atoms with E-state index in [1.165, 1.54) is 11.1 Å². The van der Waals surface area contributed by atoms with E-state index >= 15 is 0 Å². The third-order valence-electron chi connectivity index (χ3n) is 5.19. The summed E-state index contributed by atoms with van der Waals surface area (Å²) in [5.74, 6) is -0.238. The maximum absolute atomic E-state index is 12.7. The molecule has 3 rings (SSSR count). The van der Waals surface area contributed by atoms with Gasteiger partial charge in [0.2, 0.25) is 0 Å². The molecule has 0 saturated carbocycles. The molecule has 0 bridgehead atoms. The molecule has 0 fully saturated rings. The molecule has 5 heteroatoms. The number of aliphatic hydroxyl groups is 1. The van der Waals surface area contributed by atoms with Crippen LogP contribution in [0.25, 0.3) is 0 Å². The van der Waals surface area contributed by atoms with Gasteiger partial charge in [-0.25, -0.2) is 4.98 Å². The highest BCUT2D eigenvalue weighted by molar-refractivity contribution is 5.95. The van der Waals surface area contributed by atoms with Crippen LogP contribution in [0.1, 0.15) is 43.0 Å². The summed E-state index contributed by atoms with van der Waals surface area (Å²) in [6.07, 6.45) is 6.26. The van der Waals surface area contributed by atoms with E-state index < -0.39 is 0 Å². The molecule has 1 atom stereocenters. The molecule has 2 aromatic rings. The van der Waals surface area contributed by atoms with Crippen LogP contribution >= 0.6 is 0 Å². The van der Waals surface area contributed by atoms with E-state index in [-0.39, 0.29) is 23.6 Å². The number of carbonyl (C=O) groups excluding carboxylic acids is 1. The van der Waals surface area contributed by atoms with Crippen molar-refractivity contribution < 1.29 is 9.90 Å². The van der Waals surface area contributed by atoms with Crippen molar-refractivity contribution in [2.24, 2.45) is 5.92 Å². The maximum atomic E-state index is 12.7. The zero-order valence-corrected chi connectivity index (χ0v) is 15.9. The number of imidazole rings is 1. The van der Waals surface area contributed by atoms with Gasteiger partial charge in [0.15, 0.2) is 5.76 Å². The van der Waals surface area contributed by atoms with Crippen LogP contribution in [0.2, 0.25) is 0 Å². The SMILES string of the molecule is Cc1ccc(C2C(C(C)C)=C(O)C(=O)N2CCCn2ccnc2)cc1C. The summed E-state index contributed by atoms with van der Waals surface area (Å²) in [5.41, 5.74) is 4.31. The Morgan fingerprint density at radius 2 is 1.96 bits per heavy atom. The van der Waals surface area contributed by atoms with Gasteiger partial charge in [-0.15, -0.1) is 0 Å². The minimum atomic E-state index is -0.262. The third kappa shape index (κ3) is 3.39. The minimum Gasteiger partial charge on any atom is -0.503 e. The number of aliphatic hydroxyl groups excluding tert-OH is 1. The molecule has 5 nitrogen and oxygen atoms in total. The summed E-state index contributed by atoms with van der Waals surface area (Å²) in [6.45, 7) is 9.61. The van der Waals surface area contributed by atoms with Gasteiger partial charge in [0.05, 0.1) is 12.4 Å². The van der Waals surface area contributed by atoms with E-state index in [1.807, 2.05) is 29.5 Å². The number of benzene rings is 1. The normalized spacial score (nSPS) is 17.7. The molecule has 1 aliphatic heterocycles. The Kier molecular flexibility index (Phi) is 5.16. The fourth-order valence-corrected chi connectivity index (χ4v) is 3.63. The highest BCUT2D eigenvalue weighted by Gasteiger charge is 2.41. The first-order valence-electron chi connectivity index (χ1n) is 9.17. The average Bonchev–Trinajstić information content (AvgIpc) is 3.19. The fraction of sp³-hybridized carbons (Fsp3) is 0.429. The highest BCUT2D eigenvalue weighted by atomic mass is 16.3. The van der Waals surface area contributed by atoms with Crippen molar-refractivity contribution in [2.75, 3.05) is 6.54 Å². The third-order valence-corrected chi connectivity index (χ3v) is 5.19. The Hall–Kier alpha value is -2.56. The number of hydrogen-bond donors (Lipinski definition) is 1. The lowest BCUT2D eigenvalue weighted by atomic mass is 9.90. The van der Waals surface area contributed by atoms with E-state index in [9.17, 15) is 9.90 Å². The predicted octanol–water partition coefficient (Wildman–Crippen LogP) is 3.94. The number of amides is 1. The van der Waals surface area contributed by atoms with Crippen LogP contribution in [0, 0.1) is 19.8 Å². The van der Waals surface area contributed by atoms with Gasteiger partial charge in [0.25, 0.3) is 5.91 Å². The van der Waals surface area contributed by atoms with Crippen molar-refractivity contribution in [1.82, 2.24) is 14.5 Å². The molecule has 1 aromatic carbocycles. The molecule has 0 radical (unpaired) electrons. The van der Waals surface area contributed by atoms with Gasteiger partial charge in [0, 0.05) is 31.1 Å². The quantitative estimate of drug-likeness (QED) is 0.856. The topological polar surface area (TPSA) is 58.4 Å². The first kappa shape index (κ1) is 18.2. The highest BCUT2D eigenvalue weighted by Crippen LogP contribution is 2.41. The molecule has 1 N–H and O–H groups in total. The largest absolute Gasteiger partial charge is 0.503 e. The number of aromatic nitrogens is 2. The summed E-state index contributed by atoms with van der Waals surface area (Å²) >= 11 is 0. The van der Waals surface area contributed by atoms with Crippen LogP contribution in [0.15, 0.2) is 48.3 Å². The Bertz CT molecular complexity index is 822. The van der Waals surface area contributed by atoms with Crippen molar-refractivity contribution >= 4 is 5.91 Å². The monoisotopic (exact) mass is 353 g/mol. The molecule has 2 heterocycles. The van der Waals surface area contributed by atoms with E-state index in [0.29, 0.717) is 6.54 Å². The van der Waals surface area contributed by atoms with Crippen LogP contribution in [0.4, 0.5) is 0 Å². The second-order valence-corrected chi connectivity index (χ2v) is 7.36. The van der Waals surface area contributed by atoms with Gasteiger partial charge >= 0.3 is 0 Å². The van der Waals surface area contributed by atoms with Crippen LogP contribution in [0.3, 0.4) is 0 Å². The molecule has 1 amide bonds. The second-order valence-electron chi connectivity index (χ2n) is 7.36. The van der Waals surface area contributed by atoms with Crippen molar-refractivity contribution in [2.45, 2.75) is 46.7 Å². The first-order chi connectivity index (χ1) is 12.4. The lowest BCUT2D eigenvalue weighted by Crippen LogP contribution is -2.32. The fourth-order valence-electron chi connectivity index (χ4n) is 3.63. The molecule has 0 spiro atoms. The number of aryl methyl sites for hydroxylation is 3. The van der Waals surface area contributed by atoms with E-state index in [4.69, 9.17) is 0 Å². The summed E-state index contributed by atoms with van der Waals surface area (Å²) in [7, 11) is 0. The molecule has 0 saturated heterocycles. The Balaban J connectivity index is 1.88. The molecule has 1 unspecified atom stereocenters. The number of nitrogens with zero attached hydrogens (tertiary/aromatic N) is 3. The van der Waals surface area contributed by atoms with Gasteiger partial charge in [-0.3, -0.25) is 4.79 Å². The zero-order valence-electron chi connectivity index (χ0n) is 15.9. The van der Waals surface area contributed by atoms with Crippen LogP contribution in [-0.4, -0.2) is 32.0 Å². The molecule has 26 heavy (non-hydrogen) atoms. The van der Waals surface area contributed by atoms with Gasteiger partial charge in [-0.05, 0) is 42.9 Å². The Morgan fingerprint density at radius 3 is 2.58 bits per heavy atom. The van der Waals surface area contributed by atoms with E-state index in [0.717, 1.165) is 24.1 Å². The minimum absolute atomic E-state index is 0.0779. The van der Waals surface area contributed by atoms with Gasteiger partial charge in [0.1, 0.15) is 0 Å². The predicted molar refractivity (Wildman–Crippen MR) is 102 cm³/mol. The molecular weight excluding hydrogens is 326 g/mol.